The van der Waals surface area contributed by atoms with Gasteiger partial charge in [-0.2, -0.15) is 0 Å². The van der Waals surface area contributed by atoms with Crippen molar-refractivity contribution < 1.29 is 4.79 Å². The van der Waals surface area contributed by atoms with Gasteiger partial charge in [-0.1, -0.05) is 45.1 Å². The first kappa shape index (κ1) is 17.5. The van der Waals surface area contributed by atoms with E-state index in [0.29, 0.717) is 11.6 Å². The summed E-state index contributed by atoms with van der Waals surface area (Å²) in [6.45, 7) is 6.53. The number of amides is 1. The van der Waals surface area contributed by atoms with Crippen molar-refractivity contribution in [1.82, 2.24) is 5.32 Å². The molecule has 0 radical (unpaired) electrons. The van der Waals surface area contributed by atoms with E-state index in [1.165, 1.54) is 44.1 Å². The molecular formula is C18H30N2O. The van der Waals surface area contributed by atoms with Crippen LogP contribution in [0.1, 0.15) is 68.3 Å². The van der Waals surface area contributed by atoms with Crippen LogP contribution in [0.3, 0.4) is 0 Å². The van der Waals surface area contributed by atoms with E-state index in [0.717, 1.165) is 5.69 Å². The number of rotatable bonds is 9. The lowest BCUT2D eigenvalue weighted by atomic mass is 10.1. The Morgan fingerprint density at radius 1 is 1.19 bits per heavy atom. The van der Waals surface area contributed by atoms with Crippen LogP contribution in [0.5, 0.6) is 0 Å². The van der Waals surface area contributed by atoms with E-state index in [4.69, 9.17) is 0 Å². The molecule has 3 heteroatoms. The maximum absolute atomic E-state index is 11.7. The molecule has 0 aliphatic heterocycles. The summed E-state index contributed by atoms with van der Waals surface area (Å²) in [5.74, 6) is -0.0368. The van der Waals surface area contributed by atoms with Crippen LogP contribution in [0.15, 0.2) is 18.2 Å². The molecule has 3 nitrogen and oxygen atoms in total. The SMILES string of the molecule is CCCCCCCC(C)Nc1cc(C(=O)NC)ccc1C. The second kappa shape index (κ2) is 9.43. The highest BCUT2D eigenvalue weighted by molar-refractivity contribution is 5.95. The molecule has 118 valence electrons. The zero-order chi connectivity index (χ0) is 15.7. The van der Waals surface area contributed by atoms with Gasteiger partial charge in [0.1, 0.15) is 0 Å². The largest absolute Gasteiger partial charge is 0.382 e. The Balaban J connectivity index is 2.51. The van der Waals surface area contributed by atoms with Crippen molar-refractivity contribution in [3.05, 3.63) is 29.3 Å². The van der Waals surface area contributed by atoms with Gasteiger partial charge in [-0.15, -0.1) is 0 Å². The summed E-state index contributed by atoms with van der Waals surface area (Å²) in [5, 5.41) is 6.21. The average Bonchev–Trinajstić information content (AvgIpc) is 2.48. The number of hydrogen-bond donors (Lipinski definition) is 2. The molecule has 0 heterocycles. The maximum Gasteiger partial charge on any atom is 0.251 e. The molecular weight excluding hydrogens is 260 g/mol. The van der Waals surface area contributed by atoms with Gasteiger partial charge in [0.15, 0.2) is 0 Å². The molecule has 0 bridgehead atoms. The minimum Gasteiger partial charge on any atom is -0.382 e. The van der Waals surface area contributed by atoms with E-state index >= 15 is 0 Å². The van der Waals surface area contributed by atoms with Crippen LogP contribution in [-0.2, 0) is 0 Å². The van der Waals surface area contributed by atoms with Crippen LogP contribution in [0, 0.1) is 6.92 Å². The fraction of sp³-hybridized carbons (Fsp3) is 0.611. The summed E-state index contributed by atoms with van der Waals surface area (Å²) < 4.78 is 0. The molecule has 0 aliphatic rings. The van der Waals surface area contributed by atoms with Crippen molar-refractivity contribution in [2.24, 2.45) is 0 Å². The summed E-state index contributed by atoms with van der Waals surface area (Å²) in [4.78, 5) is 11.7. The van der Waals surface area contributed by atoms with Gasteiger partial charge < -0.3 is 10.6 Å². The van der Waals surface area contributed by atoms with Gasteiger partial charge in [0, 0.05) is 24.3 Å². The van der Waals surface area contributed by atoms with Gasteiger partial charge in [0.25, 0.3) is 5.91 Å². The molecule has 0 aromatic heterocycles. The van der Waals surface area contributed by atoms with E-state index in [1.54, 1.807) is 7.05 Å². The topological polar surface area (TPSA) is 41.1 Å². The molecule has 0 fully saturated rings. The minimum atomic E-state index is -0.0368. The Kier molecular flexibility index (Phi) is 7.88. The van der Waals surface area contributed by atoms with Gasteiger partial charge in [-0.3, -0.25) is 4.79 Å². The van der Waals surface area contributed by atoms with Crippen molar-refractivity contribution in [3.63, 3.8) is 0 Å². The lowest BCUT2D eigenvalue weighted by Crippen LogP contribution is -2.19. The molecule has 1 aromatic carbocycles. The van der Waals surface area contributed by atoms with Crippen LogP contribution < -0.4 is 10.6 Å². The van der Waals surface area contributed by atoms with E-state index in [9.17, 15) is 4.79 Å². The quantitative estimate of drug-likeness (QED) is 0.657. The highest BCUT2D eigenvalue weighted by Gasteiger charge is 2.08. The first-order valence-electron chi connectivity index (χ1n) is 8.17. The first-order chi connectivity index (χ1) is 10.1. The molecule has 21 heavy (non-hydrogen) atoms. The second-order valence-electron chi connectivity index (χ2n) is 5.86. The van der Waals surface area contributed by atoms with Crippen molar-refractivity contribution >= 4 is 11.6 Å². The monoisotopic (exact) mass is 290 g/mol. The lowest BCUT2D eigenvalue weighted by Gasteiger charge is -2.18. The van der Waals surface area contributed by atoms with Crippen LogP contribution in [0.25, 0.3) is 0 Å². The third-order valence-electron chi connectivity index (χ3n) is 3.87. The number of aryl methyl sites for hydroxylation is 1. The maximum atomic E-state index is 11.7. The first-order valence-corrected chi connectivity index (χ1v) is 8.17. The Hall–Kier alpha value is -1.51. The molecule has 1 atom stereocenters. The second-order valence-corrected chi connectivity index (χ2v) is 5.86. The number of hydrogen-bond acceptors (Lipinski definition) is 2. The average molecular weight is 290 g/mol. The molecule has 1 aromatic rings. The number of benzene rings is 1. The third-order valence-corrected chi connectivity index (χ3v) is 3.87. The predicted molar refractivity (Wildman–Crippen MR) is 91.0 cm³/mol. The van der Waals surface area contributed by atoms with Gasteiger partial charge in [0.05, 0.1) is 0 Å². The van der Waals surface area contributed by atoms with Gasteiger partial charge in [-0.25, -0.2) is 0 Å². The normalized spacial score (nSPS) is 12.0. The molecule has 2 N–H and O–H groups in total. The molecule has 0 saturated heterocycles. The van der Waals surface area contributed by atoms with Crippen LogP contribution in [0.2, 0.25) is 0 Å². The molecule has 0 saturated carbocycles. The highest BCUT2D eigenvalue weighted by atomic mass is 16.1. The Morgan fingerprint density at radius 2 is 1.90 bits per heavy atom. The molecule has 1 amide bonds. The lowest BCUT2D eigenvalue weighted by molar-refractivity contribution is 0.0963. The summed E-state index contributed by atoms with van der Waals surface area (Å²) in [6, 6.07) is 6.25. The summed E-state index contributed by atoms with van der Waals surface area (Å²) in [7, 11) is 1.66. The van der Waals surface area contributed by atoms with Crippen LogP contribution in [-0.4, -0.2) is 19.0 Å². The fourth-order valence-electron chi connectivity index (χ4n) is 2.45. The highest BCUT2D eigenvalue weighted by Crippen LogP contribution is 2.19. The van der Waals surface area contributed by atoms with Crippen LogP contribution >= 0.6 is 0 Å². The number of anilines is 1. The third kappa shape index (κ3) is 6.19. The zero-order valence-electron chi connectivity index (χ0n) is 14.0. The van der Waals surface area contributed by atoms with Crippen molar-refractivity contribution in [2.45, 2.75) is 65.3 Å². The summed E-state index contributed by atoms with van der Waals surface area (Å²) >= 11 is 0. The van der Waals surface area contributed by atoms with Crippen molar-refractivity contribution in [3.8, 4) is 0 Å². The van der Waals surface area contributed by atoms with Gasteiger partial charge >= 0.3 is 0 Å². The van der Waals surface area contributed by atoms with E-state index in [-0.39, 0.29) is 5.91 Å². The van der Waals surface area contributed by atoms with E-state index < -0.39 is 0 Å². The minimum absolute atomic E-state index is 0.0368. The zero-order valence-corrected chi connectivity index (χ0v) is 14.0. The predicted octanol–water partition coefficient (Wildman–Crippen LogP) is 4.52. The van der Waals surface area contributed by atoms with E-state index in [1.807, 2.05) is 18.2 Å². The smallest absolute Gasteiger partial charge is 0.251 e. The van der Waals surface area contributed by atoms with E-state index in [2.05, 4.69) is 31.4 Å². The van der Waals surface area contributed by atoms with Crippen molar-refractivity contribution in [1.29, 1.82) is 0 Å². The summed E-state index contributed by atoms with van der Waals surface area (Å²) in [6.07, 6.45) is 7.73. The number of unbranched alkanes of at least 4 members (excludes halogenated alkanes) is 4. The van der Waals surface area contributed by atoms with Gasteiger partial charge in [0.2, 0.25) is 0 Å². The standard InChI is InChI=1S/C18H30N2O/c1-5-6-7-8-9-10-15(3)20-17-13-16(18(21)19-4)12-11-14(17)2/h11-13,15,20H,5-10H2,1-4H3,(H,19,21). The Labute approximate surface area is 129 Å². The number of carbonyl (C=O) groups is 1. The number of nitrogens with one attached hydrogen (secondary N) is 2. The molecule has 0 aliphatic carbocycles. The fourth-order valence-corrected chi connectivity index (χ4v) is 2.45. The van der Waals surface area contributed by atoms with Crippen molar-refractivity contribution in [2.75, 3.05) is 12.4 Å². The summed E-state index contributed by atoms with van der Waals surface area (Å²) in [5.41, 5.74) is 2.96. The number of carbonyl (C=O) groups excluding carboxylic acids is 1. The van der Waals surface area contributed by atoms with Gasteiger partial charge in [-0.05, 0) is 38.0 Å². The Morgan fingerprint density at radius 3 is 2.57 bits per heavy atom. The Bertz CT molecular complexity index is 443. The van der Waals surface area contributed by atoms with Crippen LogP contribution in [0.4, 0.5) is 5.69 Å². The molecule has 1 unspecified atom stereocenters. The molecule has 1 rings (SSSR count). The molecule has 0 spiro atoms.